The zero-order valence-corrected chi connectivity index (χ0v) is 25.6. The molecule has 0 fully saturated rings. The van der Waals surface area contributed by atoms with Crippen LogP contribution >= 0.6 is 15.9 Å². The number of halogens is 1. The van der Waals surface area contributed by atoms with E-state index in [0.29, 0.717) is 39.9 Å². The molecule has 0 saturated heterocycles. The maximum absolute atomic E-state index is 13.1. The van der Waals surface area contributed by atoms with E-state index in [1.807, 2.05) is 73.7 Å². The zero-order valence-electron chi connectivity index (χ0n) is 24.0. The minimum Gasteiger partial charge on any atom is -0.449 e. The van der Waals surface area contributed by atoms with E-state index in [1.54, 1.807) is 42.6 Å². The standard InChI is InChI=1S/C35H31BrN4O4/c1-2-29(26-17-18-31(28(36)22-26)39-34(42)32-11-5-6-20-37-32)38-33(41)25-15-13-23(14-16-25)19-21-44-35(43)40-30-12-7-9-24-8-3-4-10-27(24)30/h3-18,20,22,29H,2,19,21H2,1H3,(H,38,41)(H,39,42)(H,40,43). The molecule has 0 bridgehead atoms. The lowest BCUT2D eigenvalue weighted by Crippen LogP contribution is -2.28. The molecule has 3 amide bonds. The predicted molar refractivity (Wildman–Crippen MR) is 176 cm³/mol. The minimum absolute atomic E-state index is 0.197. The van der Waals surface area contributed by atoms with E-state index in [9.17, 15) is 14.4 Å². The van der Waals surface area contributed by atoms with Crippen molar-refractivity contribution in [2.24, 2.45) is 0 Å². The highest BCUT2D eigenvalue weighted by molar-refractivity contribution is 9.10. The summed E-state index contributed by atoms with van der Waals surface area (Å²) in [5, 5.41) is 10.7. The van der Waals surface area contributed by atoms with Gasteiger partial charge in [-0.25, -0.2) is 4.79 Å². The molecule has 4 aromatic carbocycles. The topological polar surface area (TPSA) is 109 Å². The van der Waals surface area contributed by atoms with Crippen molar-refractivity contribution in [2.75, 3.05) is 17.2 Å². The minimum atomic E-state index is -0.516. The Bertz CT molecular complexity index is 1770. The first-order valence-electron chi connectivity index (χ1n) is 14.2. The normalized spacial score (nSPS) is 11.4. The molecular formula is C35H31BrN4O4. The summed E-state index contributed by atoms with van der Waals surface area (Å²) in [7, 11) is 0. The van der Waals surface area contributed by atoms with E-state index < -0.39 is 6.09 Å². The average molecular weight is 652 g/mol. The van der Waals surface area contributed by atoms with Crippen LogP contribution in [0.1, 0.15) is 51.4 Å². The molecule has 0 aliphatic carbocycles. The summed E-state index contributed by atoms with van der Waals surface area (Å²) in [5.41, 5.74) is 4.00. The average Bonchev–Trinajstić information content (AvgIpc) is 3.05. The van der Waals surface area contributed by atoms with Crippen LogP contribution in [0.25, 0.3) is 10.8 Å². The predicted octanol–water partition coefficient (Wildman–Crippen LogP) is 7.92. The summed E-state index contributed by atoms with van der Waals surface area (Å²) in [6.07, 6.45) is 2.24. The number of nitrogens with zero attached hydrogens (tertiary/aromatic N) is 1. The largest absolute Gasteiger partial charge is 0.449 e. The second-order valence-corrected chi connectivity index (χ2v) is 10.9. The summed E-state index contributed by atoms with van der Waals surface area (Å²) in [6, 6.07) is 31.3. The molecule has 1 aromatic heterocycles. The van der Waals surface area contributed by atoms with Gasteiger partial charge in [-0.3, -0.25) is 19.9 Å². The number of fused-ring (bicyclic) bond motifs is 1. The summed E-state index contributed by atoms with van der Waals surface area (Å²) in [6.45, 7) is 2.20. The molecule has 0 radical (unpaired) electrons. The van der Waals surface area contributed by atoms with Crippen molar-refractivity contribution in [1.82, 2.24) is 10.3 Å². The van der Waals surface area contributed by atoms with E-state index in [1.165, 1.54) is 0 Å². The van der Waals surface area contributed by atoms with Crippen LogP contribution in [-0.2, 0) is 11.2 Å². The quantitative estimate of drug-likeness (QED) is 0.142. The maximum Gasteiger partial charge on any atom is 0.411 e. The highest BCUT2D eigenvalue weighted by Gasteiger charge is 2.17. The van der Waals surface area contributed by atoms with Gasteiger partial charge in [-0.05, 0) is 81.3 Å². The van der Waals surface area contributed by atoms with Crippen LogP contribution in [0.5, 0.6) is 0 Å². The van der Waals surface area contributed by atoms with Gasteiger partial charge in [0.05, 0.1) is 24.0 Å². The fourth-order valence-electron chi connectivity index (χ4n) is 4.76. The Labute approximate surface area is 264 Å². The number of nitrogens with one attached hydrogen (secondary N) is 3. The van der Waals surface area contributed by atoms with Crippen LogP contribution in [0.15, 0.2) is 114 Å². The number of carbonyl (C=O) groups is 3. The molecule has 3 N–H and O–H groups in total. The molecule has 5 aromatic rings. The van der Waals surface area contributed by atoms with E-state index >= 15 is 0 Å². The lowest BCUT2D eigenvalue weighted by Gasteiger charge is -2.19. The Balaban J connectivity index is 1.12. The van der Waals surface area contributed by atoms with Crippen LogP contribution in [0.3, 0.4) is 0 Å². The van der Waals surface area contributed by atoms with Crippen LogP contribution in [0.2, 0.25) is 0 Å². The van der Waals surface area contributed by atoms with Crippen LogP contribution < -0.4 is 16.0 Å². The zero-order chi connectivity index (χ0) is 30.9. The van der Waals surface area contributed by atoms with Gasteiger partial charge in [0.2, 0.25) is 0 Å². The first-order valence-corrected chi connectivity index (χ1v) is 15.0. The Morgan fingerprint density at radius 1 is 0.818 bits per heavy atom. The number of rotatable bonds is 10. The SMILES string of the molecule is CCC(NC(=O)c1ccc(CCOC(=O)Nc2cccc3ccccc23)cc1)c1ccc(NC(=O)c2ccccn2)c(Br)c1. The lowest BCUT2D eigenvalue weighted by molar-refractivity contribution is 0.0935. The Hall–Kier alpha value is -5.02. The number of hydrogen-bond acceptors (Lipinski definition) is 5. The van der Waals surface area contributed by atoms with E-state index in [2.05, 4.69) is 36.9 Å². The van der Waals surface area contributed by atoms with Crippen molar-refractivity contribution in [3.05, 3.63) is 136 Å². The third kappa shape index (κ3) is 7.67. The number of carbonyl (C=O) groups excluding carboxylic acids is 3. The molecule has 0 saturated carbocycles. The van der Waals surface area contributed by atoms with Crippen LogP contribution in [0.4, 0.5) is 16.2 Å². The third-order valence-corrected chi connectivity index (χ3v) is 7.78. The second-order valence-electron chi connectivity index (χ2n) is 10.1. The number of hydrogen-bond donors (Lipinski definition) is 3. The van der Waals surface area contributed by atoms with Gasteiger partial charge in [0.25, 0.3) is 11.8 Å². The first kappa shape index (κ1) is 30.4. The second kappa shape index (κ2) is 14.4. The van der Waals surface area contributed by atoms with Gasteiger partial charge in [0.1, 0.15) is 5.69 Å². The highest BCUT2D eigenvalue weighted by atomic mass is 79.9. The molecule has 5 rings (SSSR count). The number of amides is 3. The van der Waals surface area contributed by atoms with Gasteiger partial charge >= 0.3 is 6.09 Å². The van der Waals surface area contributed by atoms with Gasteiger partial charge in [-0.15, -0.1) is 0 Å². The van der Waals surface area contributed by atoms with Crippen LogP contribution in [0, 0.1) is 0 Å². The van der Waals surface area contributed by atoms with Crippen molar-refractivity contribution in [3.8, 4) is 0 Å². The number of pyridine rings is 1. The van der Waals surface area contributed by atoms with E-state index in [0.717, 1.165) is 21.9 Å². The molecule has 1 heterocycles. The van der Waals surface area contributed by atoms with Crippen molar-refractivity contribution >= 4 is 56.0 Å². The summed E-state index contributed by atoms with van der Waals surface area (Å²) >= 11 is 3.54. The fraction of sp³-hybridized carbons (Fsp3) is 0.143. The molecule has 0 aliphatic rings. The number of ether oxygens (including phenoxy) is 1. The van der Waals surface area contributed by atoms with Crippen molar-refractivity contribution in [2.45, 2.75) is 25.8 Å². The monoisotopic (exact) mass is 650 g/mol. The fourth-order valence-corrected chi connectivity index (χ4v) is 5.26. The number of anilines is 2. The Kier molecular flexibility index (Phi) is 9.99. The molecule has 0 spiro atoms. The van der Waals surface area contributed by atoms with E-state index in [4.69, 9.17) is 4.74 Å². The number of aromatic nitrogens is 1. The van der Waals surface area contributed by atoms with Crippen molar-refractivity contribution in [1.29, 1.82) is 0 Å². The van der Waals surface area contributed by atoms with Crippen molar-refractivity contribution < 1.29 is 19.1 Å². The first-order chi connectivity index (χ1) is 21.4. The molecular weight excluding hydrogens is 620 g/mol. The van der Waals surface area contributed by atoms with Gasteiger partial charge < -0.3 is 15.4 Å². The Morgan fingerprint density at radius 3 is 2.34 bits per heavy atom. The Morgan fingerprint density at radius 2 is 1.59 bits per heavy atom. The summed E-state index contributed by atoms with van der Waals surface area (Å²) in [5.74, 6) is -0.503. The van der Waals surface area contributed by atoms with Gasteiger partial charge in [-0.2, -0.15) is 0 Å². The van der Waals surface area contributed by atoms with Gasteiger partial charge in [0.15, 0.2) is 0 Å². The smallest absolute Gasteiger partial charge is 0.411 e. The molecule has 1 unspecified atom stereocenters. The van der Waals surface area contributed by atoms with Crippen molar-refractivity contribution in [3.63, 3.8) is 0 Å². The molecule has 9 heteroatoms. The molecule has 44 heavy (non-hydrogen) atoms. The van der Waals surface area contributed by atoms with Gasteiger partial charge in [-0.1, -0.05) is 67.6 Å². The molecule has 222 valence electrons. The summed E-state index contributed by atoms with van der Waals surface area (Å²) in [4.78, 5) is 42.0. The third-order valence-electron chi connectivity index (χ3n) is 7.12. The molecule has 0 aliphatic heterocycles. The van der Waals surface area contributed by atoms with Crippen LogP contribution in [-0.4, -0.2) is 29.5 Å². The van der Waals surface area contributed by atoms with E-state index in [-0.39, 0.29) is 24.5 Å². The lowest BCUT2D eigenvalue weighted by atomic mass is 10.0. The highest BCUT2D eigenvalue weighted by Crippen LogP contribution is 2.28. The molecule has 8 nitrogen and oxygen atoms in total. The summed E-state index contributed by atoms with van der Waals surface area (Å²) < 4.78 is 6.09. The molecule has 1 atom stereocenters. The number of benzene rings is 4. The van der Waals surface area contributed by atoms with Gasteiger partial charge in [0, 0.05) is 28.0 Å². The maximum atomic E-state index is 13.1.